The molecular formula is C19H17F3N6O4. The number of aromatic nitrogens is 4. The molecule has 1 aliphatic rings. The van der Waals surface area contributed by atoms with Crippen molar-refractivity contribution in [1.82, 2.24) is 24.4 Å². The molecule has 0 unspecified atom stereocenters. The molecule has 0 aromatic carbocycles. The fourth-order valence-corrected chi connectivity index (χ4v) is 3.32. The Bertz CT molecular complexity index is 1260. The van der Waals surface area contributed by atoms with Gasteiger partial charge in [0.25, 0.3) is 0 Å². The van der Waals surface area contributed by atoms with Gasteiger partial charge in [0.05, 0.1) is 18.5 Å². The van der Waals surface area contributed by atoms with E-state index >= 15 is 0 Å². The van der Waals surface area contributed by atoms with Crippen LogP contribution < -0.4 is 20.6 Å². The predicted molar refractivity (Wildman–Crippen MR) is 106 cm³/mol. The highest BCUT2D eigenvalue weighted by Gasteiger charge is 2.42. The molecule has 1 saturated heterocycles. The van der Waals surface area contributed by atoms with Crippen molar-refractivity contribution in [3.05, 3.63) is 29.1 Å². The number of fused-ring (bicyclic) bond motifs is 1. The summed E-state index contributed by atoms with van der Waals surface area (Å²) < 4.78 is 50.3. The summed E-state index contributed by atoms with van der Waals surface area (Å²) in [7, 11) is 0. The van der Waals surface area contributed by atoms with Gasteiger partial charge in [0.2, 0.25) is 0 Å². The van der Waals surface area contributed by atoms with Crippen molar-refractivity contribution >= 4 is 23.0 Å². The highest BCUT2D eigenvalue weighted by Crippen LogP contribution is 2.29. The number of nitrogens with one attached hydrogen (secondary N) is 1. The maximum absolute atomic E-state index is 13.3. The Kier molecular flexibility index (Phi) is 5.62. The highest BCUT2D eigenvalue weighted by atomic mass is 19.4. The van der Waals surface area contributed by atoms with Gasteiger partial charge in [-0.05, 0) is 6.92 Å². The second-order valence-corrected chi connectivity index (χ2v) is 6.74. The number of esters is 1. The fraction of sp³-hybridized carbons (Fsp3) is 0.368. The number of furan rings is 1. The van der Waals surface area contributed by atoms with Gasteiger partial charge in [-0.3, -0.25) is 4.57 Å². The van der Waals surface area contributed by atoms with Crippen molar-refractivity contribution in [2.45, 2.75) is 19.6 Å². The number of halogens is 3. The third-order valence-electron chi connectivity index (χ3n) is 4.74. The van der Waals surface area contributed by atoms with E-state index in [1.54, 1.807) is 11.8 Å². The van der Waals surface area contributed by atoms with Gasteiger partial charge in [-0.2, -0.15) is 23.1 Å². The quantitative estimate of drug-likeness (QED) is 0.465. The van der Waals surface area contributed by atoms with Crippen molar-refractivity contribution in [1.29, 1.82) is 0 Å². The van der Waals surface area contributed by atoms with Crippen LogP contribution in [-0.2, 0) is 11.3 Å². The van der Waals surface area contributed by atoms with E-state index in [4.69, 9.17) is 4.42 Å². The first-order valence-corrected chi connectivity index (χ1v) is 9.51. The summed E-state index contributed by atoms with van der Waals surface area (Å²) in [6.07, 6.45) is -2.62. The van der Waals surface area contributed by atoms with Gasteiger partial charge in [-0.15, -0.1) is 5.92 Å². The number of anilines is 1. The Balaban J connectivity index is 2.00. The van der Waals surface area contributed by atoms with Crippen LogP contribution in [0.1, 0.15) is 6.92 Å². The molecule has 0 spiro atoms. The molecule has 32 heavy (non-hydrogen) atoms. The monoisotopic (exact) mass is 450 g/mol. The van der Waals surface area contributed by atoms with Gasteiger partial charge in [-0.25, -0.2) is 14.2 Å². The van der Waals surface area contributed by atoms with Crippen LogP contribution in [-0.4, -0.2) is 57.4 Å². The number of nitrogens with zero attached hydrogens (tertiary/aromatic N) is 5. The smallest absolute Gasteiger partial charge is 0.470 e. The maximum atomic E-state index is 13.3. The number of piperazine rings is 1. The summed E-state index contributed by atoms with van der Waals surface area (Å²) in [4.78, 5) is 34.5. The summed E-state index contributed by atoms with van der Waals surface area (Å²) in [6.45, 7) is 3.71. The summed E-state index contributed by atoms with van der Waals surface area (Å²) in [5.41, 5.74) is -0.0362. The Hall–Kier alpha value is -3.79. The minimum Gasteiger partial charge on any atom is -0.470 e. The predicted octanol–water partition coefficient (Wildman–Crippen LogP) is 1.08. The first kappa shape index (κ1) is 21.4. The van der Waals surface area contributed by atoms with Gasteiger partial charge >= 0.3 is 23.8 Å². The minimum absolute atomic E-state index is 0.000814. The molecule has 4 rings (SSSR count). The molecule has 0 atom stereocenters. The van der Waals surface area contributed by atoms with E-state index in [9.17, 15) is 22.8 Å². The standard InChI is InChI=1S/C19H17F3N6O4/c1-2-3-7-27-13-14(26-8-5-23-6-9-26)24-17(32-16(29)19(20,21)22)25-15(13)28(18(27)30)12-4-10-31-11-12/h4,10-11,23H,5-9H2,1H3. The van der Waals surface area contributed by atoms with Gasteiger partial charge < -0.3 is 19.4 Å². The van der Waals surface area contributed by atoms with Gasteiger partial charge in [0.1, 0.15) is 11.8 Å². The molecule has 4 heterocycles. The zero-order chi connectivity index (χ0) is 22.9. The number of imidazole rings is 1. The zero-order valence-electron chi connectivity index (χ0n) is 16.8. The van der Waals surface area contributed by atoms with E-state index in [2.05, 4.69) is 31.9 Å². The average Bonchev–Trinajstić information content (AvgIpc) is 3.37. The number of alkyl halides is 3. The Morgan fingerprint density at radius 1 is 1.31 bits per heavy atom. The molecule has 1 aliphatic heterocycles. The molecule has 3 aromatic heterocycles. The van der Waals surface area contributed by atoms with E-state index in [-0.39, 0.29) is 23.5 Å². The third-order valence-corrected chi connectivity index (χ3v) is 4.74. The second-order valence-electron chi connectivity index (χ2n) is 6.74. The lowest BCUT2D eigenvalue weighted by atomic mass is 10.3. The first-order valence-electron chi connectivity index (χ1n) is 9.51. The van der Waals surface area contributed by atoms with E-state index in [1.165, 1.54) is 23.2 Å². The fourth-order valence-electron chi connectivity index (χ4n) is 3.32. The van der Waals surface area contributed by atoms with E-state index in [0.29, 0.717) is 31.9 Å². The molecule has 3 aromatic rings. The molecule has 0 amide bonds. The molecule has 0 radical (unpaired) electrons. The molecule has 0 saturated carbocycles. The van der Waals surface area contributed by atoms with Crippen molar-refractivity contribution in [3.63, 3.8) is 0 Å². The van der Waals surface area contributed by atoms with Crippen LogP contribution in [0.5, 0.6) is 6.01 Å². The lowest BCUT2D eigenvalue weighted by Crippen LogP contribution is -2.44. The number of carbonyl (C=O) groups is 1. The van der Waals surface area contributed by atoms with Crippen molar-refractivity contribution in [2.24, 2.45) is 0 Å². The minimum atomic E-state index is -5.24. The number of rotatable bonds is 4. The normalized spacial score (nSPS) is 14.3. The number of hydrogen-bond acceptors (Lipinski definition) is 8. The van der Waals surface area contributed by atoms with Crippen LogP contribution in [0.3, 0.4) is 0 Å². The molecule has 0 aliphatic carbocycles. The van der Waals surface area contributed by atoms with Crippen LogP contribution in [0, 0.1) is 11.8 Å². The molecular weight excluding hydrogens is 433 g/mol. The zero-order valence-corrected chi connectivity index (χ0v) is 16.8. The van der Waals surface area contributed by atoms with Gasteiger partial charge in [-0.1, -0.05) is 5.92 Å². The Morgan fingerprint density at radius 3 is 2.69 bits per heavy atom. The topological polar surface area (TPSA) is 107 Å². The summed E-state index contributed by atoms with van der Waals surface area (Å²) in [5, 5.41) is 3.16. The SMILES string of the molecule is CC#CCn1c(=O)n(-c2ccoc2)c2nc(OC(=O)C(F)(F)F)nc(N3CCNCC3)c21. The lowest BCUT2D eigenvalue weighted by molar-refractivity contribution is -0.190. The van der Waals surface area contributed by atoms with Crippen LogP contribution in [0.2, 0.25) is 0 Å². The van der Waals surface area contributed by atoms with Crippen LogP contribution in [0.25, 0.3) is 16.9 Å². The highest BCUT2D eigenvalue weighted by molar-refractivity contribution is 5.87. The number of carbonyl (C=O) groups excluding carboxylic acids is 1. The third kappa shape index (κ3) is 3.92. The van der Waals surface area contributed by atoms with E-state index in [1.807, 2.05) is 0 Å². The van der Waals surface area contributed by atoms with Crippen molar-refractivity contribution in [2.75, 3.05) is 31.1 Å². The number of ether oxygens (including phenoxy) is 1. The molecule has 1 fully saturated rings. The molecule has 0 bridgehead atoms. The summed E-state index contributed by atoms with van der Waals surface area (Å²) in [5.74, 6) is 3.22. The largest absolute Gasteiger partial charge is 0.491 e. The lowest BCUT2D eigenvalue weighted by Gasteiger charge is -2.29. The second kappa shape index (κ2) is 8.39. The Morgan fingerprint density at radius 2 is 2.06 bits per heavy atom. The van der Waals surface area contributed by atoms with Gasteiger partial charge in [0, 0.05) is 32.2 Å². The molecule has 1 N–H and O–H groups in total. The first-order chi connectivity index (χ1) is 15.3. The number of hydrogen-bond donors (Lipinski definition) is 1. The van der Waals surface area contributed by atoms with Crippen molar-refractivity contribution < 1.29 is 27.1 Å². The van der Waals surface area contributed by atoms with Crippen molar-refractivity contribution in [3.8, 4) is 23.5 Å². The molecule has 168 valence electrons. The van der Waals surface area contributed by atoms with Crippen LogP contribution in [0.15, 0.2) is 27.8 Å². The van der Waals surface area contributed by atoms with Crippen LogP contribution in [0.4, 0.5) is 19.0 Å². The van der Waals surface area contributed by atoms with Crippen LogP contribution >= 0.6 is 0 Å². The van der Waals surface area contributed by atoms with E-state index < -0.39 is 23.8 Å². The van der Waals surface area contributed by atoms with E-state index in [0.717, 1.165) is 4.57 Å². The maximum Gasteiger partial charge on any atom is 0.491 e. The average molecular weight is 450 g/mol. The summed E-state index contributed by atoms with van der Waals surface area (Å²) in [6, 6.07) is 0.675. The molecule has 13 heteroatoms. The molecule has 10 nitrogen and oxygen atoms in total. The Labute approximate surface area is 178 Å². The summed E-state index contributed by atoms with van der Waals surface area (Å²) >= 11 is 0. The van der Waals surface area contributed by atoms with Gasteiger partial charge in [0.15, 0.2) is 11.5 Å².